The zero-order valence-electron chi connectivity index (χ0n) is 11.2. The summed E-state index contributed by atoms with van der Waals surface area (Å²) in [7, 11) is 0. The lowest BCUT2D eigenvalue weighted by Gasteiger charge is -2.12. The van der Waals surface area contributed by atoms with Gasteiger partial charge in [-0.25, -0.2) is 0 Å². The molecule has 0 amide bonds. The lowest BCUT2D eigenvalue weighted by Crippen LogP contribution is -1.98. The highest BCUT2D eigenvalue weighted by Crippen LogP contribution is 2.19. The highest BCUT2D eigenvalue weighted by atomic mass is 14.1. The number of hydrogen-bond donors (Lipinski definition) is 0. The fourth-order valence-electron chi connectivity index (χ4n) is 2.45. The smallest absolute Gasteiger partial charge is 0.0276 e. The highest BCUT2D eigenvalue weighted by molar-refractivity contribution is 5.35. The second-order valence-corrected chi connectivity index (χ2v) is 4.57. The fraction of sp³-hybridized carbons (Fsp3) is 0.625. The molecule has 0 saturated carbocycles. The molecule has 0 nitrogen and oxygen atoms in total. The van der Waals surface area contributed by atoms with Crippen molar-refractivity contribution >= 4 is 0 Å². The lowest BCUT2D eigenvalue weighted by atomic mass is 9.94. The van der Waals surface area contributed by atoms with Crippen LogP contribution in [0.3, 0.4) is 0 Å². The maximum atomic E-state index is 2.32. The molecule has 0 spiro atoms. The van der Waals surface area contributed by atoms with Crippen LogP contribution in [0.25, 0.3) is 0 Å². The Morgan fingerprint density at radius 2 is 1.56 bits per heavy atom. The standard InChI is InChI=1S/C16H26/c1-4-7-8-9-11-15-13-10-12-14(5-2)16(15)6-3/h10,12-13H,4-9,11H2,1-3H3. The average Bonchev–Trinajstić information content (AvgIpc) is 2.34. The molecule has 16 heavy (non-hydrogen) atoms. The maximum absolute atomic E-state index is 2.32. The van der Waals surface area contributed by atoms with Crippen molar-refractivity contribution in [1.82, 2.24) is 0 Å². The summed E-state index contributed by atoms with van der Waals surface area (Å²) >= 11 is 0. The van der Waals surface area contributed by atoms with Gasteiger partial charge in [-0.15, -0.1) is 0 Å². The molecule has 0 radical (unpaired) electrons. The minimum atomic E-state index is 1.17. The molecular weight excluding hydrogens is 192 g/mol. The van der Waals surface area contributed by atoms with Crippen LogP contribution in [0, 0.1) is 0 Å². The van der Waals surface area contributed by atoms with E-state index in [1.165, 1.54) is 44.9 Å². The van der Waals surface area contributed by atoms with Crippen molar-refractivity contribution in [2.45, 2.75) is 65.7 Å². The van der Waals surface area contributed by atoms with Crippen LogP contribution in [0.15, 0.2) is 18.2 Å². The Kier molecular flexibility index (Phi) is 6.22. The molecule has 0 saturated heterocycles. The summed E-state index contributed by atoms with van der Waals surface area (Å²) in [5, 5.41) is 0. The van der Waals surface area contributed by atoms with E-state index in [9.17, 15) is 0 Å². The van der Waals surface area contributed by atoms with E-state index in [1.54, 1.807) is 16.7 Å². The Bertz CT molecular complexity index is 299. The van der Waals surface area contributed by atoms with Gasteiger partial charge < -0.3 is 0 Å². The molecule has 0 heteroatoms. The molecule has 0 aliphatic rings. The van der Waals surface area contributed by atoms with Crippen LogP contribution in [0.5, 0.6) is 0 Å². The predicted octanol–water partition coefficient (Wildman–Crippen LogP) is 4.93. The Morgan fingerprint density at radius 1 is 0.812 bits per heavy atom. The van der Waals surface area contributed by atoms with Gasteiger partial charge in [-0.3, -0.25) is 0 Å². The molecule has 0 aliphatic carbocycles. The minimum absolute atomic E-state index is 1.17. The first-order valence-corrected chi connectivity index (χ1v) is 6.93. The summed E-state index contributed by atoms with van der Waals surface area (Å²) in [6, 6.07) is 6.84. The highest BCUT2D eigenvalue weighted by Gasteiger charge is 2.04. The number of rotatable bonds is 7. The van der Waals surface area contributed by atoms with Crippen LogP contribution < -0.4 is 0 Å². The Morgan fingerprint density at radius 3 is 2.19 bits per heavy atom. The van der Waals surface area contributed by atoms with Crippen LogP contribution in [0.2, 0.25) is 0 Å². The monoisotopic (exact) mass is 218 g/mol. The molecule has 1 rings (SSSR count). The second-order valence-electron chi connectivity index (χ2n) is 4.57. The van der Waals surface area contributed by atoms with E-state index in [0.717, 1.165) is 0 Å². The van der Waals surface area contributed by atoms with Gasteiger partial charge in [-0.1, -0.05) is 58.2 Å². The van der Waals surface area contributed by atoms with E-state index in [2.05, 4.69) is 39.0 Å². The van der Waals surface area contributed by atoms with Crippen LogP contribution in [-0.2, 0) is 19.3 Å². The van der Waals surface area contributed by atoms with Crippen molar-refractivity contribution in [3.05, 3.63) is 34.9 Å². The number of aryl methyl sites for hydroxylation is 2. The van der Waals surface area contributed by atoms with Gasteiger partial charge in [-0.05, 0) is 42.4 Å². The molecule has 0 unspecified atom stereocenters. The van der Waals surface area contributed by atoms with Crippen LogP contribution >= 0.6 is 0 Å². The number of hydrogen-bond acceptors (Lipinski definition) is 0. The average molecular weight is 218 g/mol. The zero-order valence-corrected chi connectivity index (χ0v) is 11.2. The van der Waals surface area contributed by atoms with Crippen molar-refractivity contribution in [3.8, 4) is 0 Å². The molecule has 90 valence electrons. The van der Waals surface area contributed by atoms with Crippen molar-refractivity contribution < 1.29 is 0 Å². The second kappa shape index (κ2) is 7.49. The minimum Gasteiger partial charge on any atom is -0.0654 e. The molecule has 0 bridgehead atoms. The topological polar surface area (TPSA) is 0 Å². The summed E-state index contributed by atoms with van der Waals surface area (Å²) in [5.74, 6) is 0. The van der Waals surface area contributed by atoms with Gasteiger partial charge in [-0.2, -0.15) is 0 Å². The molecule has 1 aromatic carbocycles. The lowest BCUT2D eigenvalue weighted by molar-refractivity contribution is 0.664. The van der Waals surface area contributed by atoms with Gasteiger partial charge in [0.1, 0.15) is 0 Å². The summed E-state index contributed by atoms with van der Waals surface area (Å²) in [4.78, 5) is 0. The molecule has 0 aromatic heterocycles. The normalized spacial score (nSPS) is 10.7. The molecule has 0 atom stereocenters. The van der Waals surface area contributed by atoms with Crippen LogP contribution in [0.4, 0.5) is 0 Å². The molecule has 0 fully saturated rings. The third-order valence-corrected chi connectivity index (χ3v) is 3.40. The first-order valence-electron chi connectivity index (χ1n) is 6.93. The summed E-state index contributed by atoms with van der Waals surface area (Å²) < 4.78 is 0. The van der Waals surface area contributed by atoms with Gasteiger partial charge in [0.15, 0.2) is 0 Å². The van der Waals surface area contributed by atoms with Crippen LogP contribution in [0.1, 0.15) is 63.1 Å². The van der Waals surface area contributed by atoms with Gasteiger partial charge in [0, 0.05) is 0 Å². The van der Waals surface area contributed by atoms with E-state index in [-0.39, 0.29) is 0 Å². The molecule has 0 heterocycles. The number of benzene rings is 1. The van der Waals surface area contributed by atoms with Crippen molar-refractivity contribution in [2.24, 2.45) is 0 Å². The van der Waals surface area contributed by atoms with Crippen LogP contribution in [-0.4, -0.2) is 0 Å². The largest absolute Gasteiger partial charge is 0.0654 e. The first-order chi connectivity index (χ1) is 7.83. The first kappa shape index (κ1) is 13.3. The zero-order chi connectivity index (χ0) is 11.8. The molecular formula is C16H26. The molecule has 0 aliphatic heterocycles. The number of unbranched alkanes of at least 4 members (excludes halogenated alkanes) is 3. The van der Waals surface area contributed by atoms with E-state index >= 15 is 0 Å². The predicted molar refractivity (Wildman–Crippen MR) is 73.0 cm³/mol. The third-order valence-electron chi connectivity index (χ3n) is 3.40. The van der Waals surface area contributed by atoms with E-state index in [0.29, 0.717) is 0 Å². The summed E-state index contributed by atoms with van der Waals surface area (Å²) in [6.07, 6.45) is 9.09. The molecule has 0 N–H and O–H groups in total. The maximum Gasteiger partial charge on any atom is -0.0276 e. The van der Waals surface area contributed by atoms with Gasteiger partial charge in [0.25, 0.3) is 0 Å². The van der Waals surface area contributed by atoms with Crippen molar-refractivity contribution in [2.75, 3.05) is 0 Å². The van der Waals surface area contributed by atoms with E-state index in [1.807, 2.05) is 0 Å². The van der Waals surface area contributed by atoms with Gasteiger partial charge in [0.05, 0.1) is 0 Å². The molecule has 1 aromatic rings. The third kappa shape index (κ3) is 3.66. The van der Waals surface area contributed by atoms with Crippen molar-refractivity contribution in [1.29, 1.82) is 0 Å². The van der Waals surface area contributed by atoms with Gasteiger partial charge >= 0.3 is 0 Å². The quantitative estimate of drug-likeness (QED) is 0.569. The van der Waals surface area contributed by atoms with Crippen molar-refractivity contribution in [3.63, 3.8) is 0 Å². The van der Waals surface area contributed by atoms with E-state index < -0.39 is 0 Å². The summed E-state index contributed by atoms with van der Waals surface area (Å²) in [5.41, 5.74) is 4.76. The fourth-order valence-corrected chi connectivity index (χ4v) is 2.45. The van der Waals surface area contributed by atoms with E-state index in [4.69, 9.17) is 0 Å². The SMILES string of the molecule is CCCCCCc1cccc(CC)c1CC. The Hall–Kier alpha value is -0.780. The Balaban J connectivity index is 2.63. The Labute approximate surface area is 101 Å². The summed E-state index contributed by atoms with van der Waals surface area (Å²) in [6.45, 7) is 6.81. The van der Waals surface area contributed by atoms with Gasteiger partial charge in [0.2, 0.25) is 0 Å².